The molecule has 1 fully saturated rings. The molecule has 0 aliphatic carbocycles. The lowest BCUT2D eigenvalue weighted by atomic mass is 10.0. The van der Waals surface area contributed by atoms with Crippen molar-refractivity contribution in [1.82, 2.24) is 15.2 Å². The Bertz CT molecular complexity index is 524. The molecule has 5 nitrogen and oxygen atoms in total. The summed E-state index contributed by atoms with van der Waals surface area (Å²) in [5.74, 6) is -0.0556. The summed E-state index contributed by atoms with van der Waals surface area (Å²) >= 11 is 0. The van der Waals surface area contributed by atoms with Crippen LogP contribution in [0.5, 0.6) is 0 Å². The van der Waals surface area contributed by atoms with E-state index in [1.54, 1.807) is 30.5 Å². The first-order valence-electron chi connectivity index (χ1n) is 7.23. The lowest BCUT2D eigenvalue weighted by Gasteiger charge is -2.31. The van der Waals surface area contributed by atoms with Crippen molar-refractivity contribution in [3.8, 4) is 0 Å². The maximum atomic E-state index is 11.9. The maximum Gasteiger partial charge on any atom is 0.267 e. The molecular weight excluding hydrogens is 266 g/mol. The summed E-state index contributed by atoms with van der Waals surface area (Å²) in [7, 11) is 0. The summed E-state index contributed by atoms with van der Waals surface area (Å²) in [5, 5.41) is 3.00. The number of aromatic nitrogens is 1. The molecule has 1 aliphatic rings. The molecule has 0 unspecified atom stereocenters. The molecule has 1 saturated heterocycles. The van der Waals surface area contributed by atoms with E-state index in [0.717, 1.165) is 12.8 Å². The van der Waals surface area contributed by atoms with Gasteiger partial charge >= 0.3 is 0 Å². The van der Waals surface area contributed by atoms with Crippen molar-refractivity contribution in [2.75, 3.05) is 13.1 Å². The van der Waals surface area contributed by atoms with Crippen LogP contribution in [0.1, 0.15) is 30.3 Å². The van der Waals surface area contributed by atoms with Crippen LogP contribution in [0, 0.1) is 0 Å². The van der Waals surface area contributed by atoms with Gasteiger partial charge < -0.3 is 15.2 Å². The second-order valence-electron chi connectivity index (χ2n) is 5.04. The molecule has 2 amide bonds. The summed E-state index contributed by atoms with van der Waals surface area (Å²) < 4.78 is 0. The molecule has 1 aromatic rings. The second kappa shape index (κ2) is 7.47. The number of nitrogens with zero attached hydrogens (tertiary/aromatic N) is 1. The minimum Gasteiger partial charge on any atom is -0.357 e. The zero-order valence-corrected chi connectivity index (χ0v) is 12.2. The van der Waals surface area contributed by atoms with Crippen LogP contribution in [0.25, 0.3) is 0 Å². The predicted octanol–water partition coefficient (Wildman–Crippen LogP) is 1.87. The Balaban J connectivity index is 1.78. The van der Waals surface area contributed by atoms with Gasteiger partial charge in [0.1, 0.15) is 5.69 Å². The van der Waals surface area contributed by atoms with E-state index in [1.807, 2.05) is 24.0 Å². The number of aromatic amines is 1. The zero-order chi connectivity index (χ0) is 15.1. The molecule has 0 radical (unpaired) electrons. The van der Waals surface area contributed by atoms with Gasteiger partial charge in [-0.2, -0.15) is 0 Å². The summed E-state index contributed by atoms with van der Waals surface area (Å²) in [4.78, 5) is 28.5. The van der Waals surface area contributed by atoms with E-state index in [0.29, 0.717) is 18.8 Å². The van der Waals surface area contributed by atoms with Gasteiger partial charge in [0.25, 0.3) is 5.91 Å². The van der Waals surface area contributed by atoms with Crippen LogP contribution in [0.2, 0.25) is 0 Å². The second-order valence-corrected chi connectivity index (χ2v) is 5.04. The summed E-state index contributed by atoms with van der Waals surface area (Å²) in [6, 6.07) is 3.68. The van der Waals surface area contributed by atoms with Crippen molar-refractivity contribution in [2.45, 2.75) is 25.8 Å². The molecular formula is C16H21N3O2. The lowest BCUT2D eigenvalue weighted by molar-refractivity contribution is -0.127. The third kappa shape index (κ3) is 4.34. The highest BCUT2D eigenvalue weighted by Gasteiger charge is 2.23. The fourth-order valence-corrected chi connectivity index (χ4v) is 2.33. The third-order valence-electron chi connectivity index (χ3n) is 3.53. The Hall–Kier alpha value is -2.30. The minimum atomic E-state index is -0.0854. The van der Waals surface area contributed by atoms with E-state index >= 15 is 0 Å². The number of hydrogen-bond acceptors (Lipinski definition) is 2. The van der Waals surface area contributed by atoms with Crippen LogP contribution in [-0.2, 0) is 4.79 Å². The lowest BCUT2D eigenvalue weighted by Crippen LogP contribution is -2.46. The molecule has 112 valence electrons. The van der Waals surface area contributed by atoms with Gasteiger partial charge in [-0.15, -0.1) is 0 Å². The molecule has 21 heavy (non-hydrogen) atoms. The average Bonchev–Trinajstić information content (AvgIpc) is 3.02. The van der Waals surface area contributed by atoms with Crippen molar-refractivity contribution in [3.63, 3.8) is 0 Å². The highest BCUT2D eigenvalue weighted by atomic mass is 16.2. The first kappa shape index (κ1) is 15.1. The summed E-state index contributed by atoms with van der Waals surface area (Å²) in [5.41, 5.74) is 0.572. The van der Waals surface area contributed by atoms with Crippen molar-refractivity contribution in [1.29, 1.82) is 0 Å². The number of nitrogens with one attached hydrogen (secondary N) is 2. The smallest absolute Gasteiger partial charge is 0.267 e. The van der Waals surface area contributed by atoms with Crippen LogP contribution in [0.15, 0.2) is 42.6 Å². The molecule has 0 saturated carbocycles. The van der Waals surface area contributed by atoms with Gasteiger partial charge in [0.15, 0.2) is 0 Å². The number of allylic oxidation sites excluding steroid dienone is 3. The Morgan fingerprint density at radius 2 is 2.10 bits per heavy atom. The van der Waals surface area contributed by atoms with Gasteiger partial charge in [-0.3, -0.25) is 9.59 Å². The standard InChI is InChI=1S/C16H21N3O2/c1-2-3-4-7-15(20)19-11-8-13(9-12-19)18-16(21)14-6-5-10-17-14/h2-7,10,13,17H,8-9,11-12H2,1H3,(H,18,21)/b3-2+,7-4+. The van der Waals surface area contributed by atoms with E-state index in [9.17, 15) is 9.59 Å². The van der Waals surface area contributed by atoms with Crippen LogP contribution in [0.4, 0.5) is 0 Å². The number of H-pyrrole nitrogens is 1. The number of likely N-dealkylation sites (tertiary alicyclic amines) is 1. The van der Waals surface area contributed by atoms with Crippen molar-refractivity contribution in [3.05, 3.63) is 48.3 Å². The Kier molecular flexibility index (Phi) is 5.37. The zero-order valence-electron chi connectivity index (χ0n) is 12.2. The van der Waals surface area contributed by atoms with Gasteiger partial charge in [-0.05, 0) is 31.9 Å². The van der Waals surface area contributed by atoms with Crippen molar-refractivity contribution >= 4 is 11.8 Å². The molecule has 0 atom stereocenters. The number of piperidine rings is 1. The summed E-state index contributed by atoms with van der Waals surface area (Å²) in [6.07, 6.45) is 10.4. The van der Waals surface area contributed by atoms with Gasteiger partial charge in [0.05, 0.1) is 0 Å². The highest BCUT2D eigenvalue weighted by molar-refractivity contribution is 5.92. The van der Waals surface area contributed by atoms with E-state index in [2.05, 4.69) is 10.3 Å². The van der Waals surface area contributed by atoms with Crippen molar-refractivity contribution < 1.29 is 9.59 Å². The van der Waals surface area contributed by atoms with Crippen LogP contribution in [0.3, 0.4) is 0 Å². The number of rotatable bonds is 4. The van der Waals surface area contributed by atoms with Crippen molar-refractivity contribution in [2.24, 2.45) is 0 Å². The SMILES string of the molecule is C/C=C/C=C/C(=O)N1CCC(NC(=O)c2ccc[nH]2)CC1. The number of carbonyl (C=O) groups is 2. The Morgan fingerprint density at radius 1 is 1.33 bits per heavy atom. The largest absolute Gasteiger partial charge is 0.357 e. The number of amides is 2. The fourth-order valence-electron chi connectivity index (χ4n) is 2.33. The first-order valence-corrected chi connectivity index (χ1v) is 7.23. The third-order valence-corrected chi connectivity index (χ3v) is 3.53. The maximum absolute atomic E-state index is 11.9. The van der Waals surface area contributed by atoms with E-state index in [4.69, 9.17) is 0 Å². The molecule has 2 rings (SSSR count). The van der Waals surface area contributed by atoms with Crippen LogP contribution >= 0.6 is 0 Å². The Labute approximate surface area is 124 Å². The molecule has 2 N–H and O–H groups in total. The molecule has 5 heteroatoms. The Morgan fingerprint density at radius 3 is 2.71 bits per heavy atom. The molecule has 2 heterocycles. The van der Waals surface area contributed by atoms with Crippen LogP contribution < -0.4 is 5.32 Å². The fraction of sp³-hybridized carbons (Fsp3) is 0.375. The number of hydrogen-bond donors (Lipinski definition) is 2. The van der Waals surface area contributed by atoms with Gasteiger partial charge in [-0.1, -0.05) is 18.2 Å². The van der Waals surface area contributed by atoms with Gasteiger partial charge in [0.2, 0.25) is 5.91 Å². The quantitative estimate of drug-likeness (QED) is 0.656. The highest BCUT2D eigenvalue weighted by Crippen LogP contribution is 2.11. The molecule has 0 aromatic carbocycles. The van der Waals surface area contributed by atoms with Gasteiger partial charge in [0, 0.05) is 31.4 Å². The van der Waals surface area contributed by atoms with E-state index < -0.39 is 0 Å². The topological polar surface area (TPSA) is 65.2 Å². The predicted molar refractivity (Wildman–Crippen MR) is 81.8 cm³/mol. The number of carbonyl (C=O) groups excluding carboxylic acids is 2. The monoisotopic (exact) mass is 287 g/mol. The molecule has 1 aliphatic heterocycles. The van der Waals surface area contributed by atoms with Crippen LogP contribution in [-0.4, -0.2) is 40.8 Å². The summed E-state index contributed by atoms with van der Waals surface area (Å²) in [6.45, 7) is 3.26. The average molecular weight is 287 g/mol. The molecule has 0 bridgehead atoms. The normalized spacial score (nSPS) is 16.7. The first-order chi connectivity index (χ1) is 10.2. The van der Waals surface area contributed by atoms with Gasteiger partial charge in [-0.25, -0.2) is 0 Å². The molecule has 0 spiro atoms. The molecule has 1 aromatic heterocycles. The van der Waals surface area contributed by atoms with E-state index in [-0.39, 0.29) is 17.9 Å². The van der Waals surface area contributed by atoms with E-state index in [1.165, 1.54) is 0 Å². The minimum absolute atomic E-state index is 0.0299.